The Morgan fingerprint density at radius 3 is 2.93 bits per heavy atom. The minimum Gasteiger partial charge on any atom is -0.388 e. The van der Waals surface area contributed by atoms with Crippen LogP contribution < -0.4 is 5.32 Å². The Bertz CT molecular complexity index is 326. The van der Waals surface area contributed by atoms with Crippen LogP contribution in [-0.4, -0.2) is 22.2 Å². The normalized spacial score (nSPS) is 18.7. The van der Waals surface area contributed by atoms with Gasteiger partial charge in [-0.2, -0.15) is 0 Å². The molecule has 0 amide bonds. The van der Waals surface area contributed by atoms with Gasteiger partial charge in [0.15, 0.2) is 0 Å². The fraction of sp³-hybridized carbons (Fsp3) is 0.500. The first-order chi connectivity index (χ1) is 6.70. The molecular formula is C10H13IN2O. The van der Waals surface area contributed by atoms with Crippen LogP contribution in [0.15, 0.2) is 18.3 Å². The summed E-state index contributed by atoms with van der Waals surface area (Å²) in [6, 6.07) is 3.91. The topological polar surface area (TPSA) is 45.1 Å². The van der Waals surface area contributed by atoms with E-state index in [1.165, 1.54) is 0 Å². The van der Waals surface area contributed by atoms with Crippen molar-refractivity contribution in [2.45, 2.75) is 24.9 Å². The minimum atomic E-state index is -0.486. The zero-order valence-electron chi connectivity index (χ0n) is 7.83. The lowest BCUT2D eigenvalue weighted by Gasteiger charge is -2.36. The third kappa shape index (κ3) is 2.17. The van der Waals surface area contributed by atoms with Gasteiger partial charge in [0.2, 0.25) is 0 Å². The molecule has 0 aromatic carbocycles. The summed E-state index contributed by atoms with van der Waals surface area (Å²) in [4.78, 5) is 4.21. The lowest BCUT2D eigenvalue weighted by molar-refractivity contribution is -0.0202. The van der Waals surface area contributed by atoms with Crippen LogP contribution in [0.3, 0.4) is 0 Å². The van der Waals surface area contributed by atoms with Crippen molar-refractivity contribution in [1.82, 2.24) is 4.98 Å². The summed E-state index contributed by atoms with van der Waals surface area (Å²) < 4.78 is 1.09. The molecule has 76 valence electrons. The van der Waals surface area contributed by atoms with Gasteiger partial charge >= 0.3 is 0 Å². The van der Waals surface area contributed by atoms with Crippen LogP contribution in [0.4, 0.5) is 5.82 Å². The Labute approximate surface area is 97.1 Å². The Morgan fingerprint density at radius 1 is 1.57 bits per heavy atom. The molecule has 1 aliphatic carbocycles. The molecule has 0 spiro atoms. The van der Waals surface area contributed by atoms with Crippen LogP contribution in [0, 0.1) is 3.57 Å². The van der Waals surface area contributed by atoms with Crippen molar-refractivity contribution in [2.24, 2.45) is 0 Å². The zero-order valence-corrected chi connectivity index (χ0v) is 9.99. The summed E-state index contributed by atoms with van der Waals surface area (Å²) in [7, 11) is 0. The summed E-state index contributed by atoms with van der Waals surface area (Å²) >= 11 is 2.24. The highest BCUT2D eigenvalue weighted by Crippen LogP contribution is 2.31. The number of aromatic nitrogens is 1. The van der Waals surface area contributed by atoms with E-state index in [0.29, 0.717) is 6.54 Å². The van der Waals surface area contributed by atoms with Gasteiger partial charge in [0.1, 0.15) is 5.82 Å². The Kier molecular flexibility index (Phi) is 2.92. The van der Waals surface area contributed by atoms with Gasteiger partial charge in [-0.1, -0.05) is 0 Å². The molecule has 2 rings (SSSR count). The monoisotopic (exact) mass is 304 g/mol. The number of hydrogen-bond donors (Lipinski definition) is 2. The average molecular weight is 304 g/mol. The van der Waals surface area contributed by atoms with Crippen LogP contribution in [0.5, 0.6) is 0 Å². The number of nitrogens with zero attached hydrogens (tertiary/aromatic N) is 1. The first-order valence-corrected chi connectivity index (χ1v) is 5.84. The molecule has 3 nitrogen and oxygen atoms in total. The van der Waals surface area contributed by atoms with Gasteiger partial charge in [0, 0.05) is 12.7 Å². The van der Waals surface area contributed by atoms with Crippen LogP contribution in [0.1, 0.15) is 19.3 Å². The van der Waals surface area contributed by atoms with Gasteiger partial charge in [0.25, 0.3) is 0 Å². The molecule has 1 aromatic heterocycles. The molecule has 4 heteroatoms. The zero-order chi connectivity index (χ0) is 10.0. The maximum atomic E-state index is 9.87. The van der Waals surface area contributed by atoms with E-state index in [4.69, 9.17) is 0 Å². The largest absolute Gasteiger partial charge is 0.388 e. The molecule has 0 saturated heterocycles. The van der Waals surface area contributed by atoms with E-state index in [1.807, 2.05) is 12.1 Å². The number of anilines is 1. The molecular weight excluding hydrogens is 291 g/mol. The Hall–Kier alpha value is -0.360. The molecule has 0 atom stereocenters. The molecule has 0 aliphatic heterocycles. The van der Waals surface area contributed by atoms with Crippen LogP contribution >= 0.6 is 22.6 Å². The van der Waals surface area contributed by atoms with E-state index in [9.17, 15) is 5.11 Å². The smallest absolute Gasteiger partial charge is 0.139 e. The number of rotatable bonds is 3. The van der Waals surface area contributed by atoms with Crippen molar-refractivity contribution in [3.8, 4) is 0 Å². The first kappa shape index (κ1) is 10.2. The van der Waals surface area contributed by atoms with Gasteiger partial charge in [-0.25, -0.2) is 4.98 Å². The summed E-state index contributed by atoms with van der Waals surface area (Å²) in [5.41, 5.74) is -0.486. The molecule has 1 aliphatic rings. The number of aliphatic hydroxyl groups is 1. The lowest BCUT2D eigenvalue weighted by Crippen LogP contribution is -2.43. The fourth-order valence-electron chi connectivity index (χ4n) is 1.53. The highest BCUT2D eigenvalue weighted by atomic mass is 127. The predicted molar refractivity (Wildman–Crippen MR) is 64.2 cm³/mol. The number of halogens is 1. The number of pyridine rings is 1. The van der Waals surface area contributed by atoms with Crippen molar-refractivity contribution in [3.63, 3.8) is 0 Å². The second kappa shape index (κ2) is 4.02. The van der Waals surface area contributed by atoms with Gasteiger partial charge in [-0.05, 0) is 54.0 Å². The molecule has 1 aromatic rings. The van der Waals surface area contributed by atoms with Gasteiger partial charge in [-0.15, -0.1) is 0 Å². The maximum absolute atomic E-state index is 9.87. The van der Waals surface area contributed by atoms with Gasteiger partial charge in [-0.3, -0.25) is 0 Å². The van der Waals surface area contributed by atoms with Crippen molar-refractivity contribution in [2.75, 3.05) is 11.9 Å². The summed E-state index contributed by atoms with van der Waals surface area (Å²) in [6.45, 7) is 0.611. The average Bonchev–Trinajstić information content (AvgIpc) is 2.14. The van der Waals surface area contributed by atoms with E-state index < -0.39 is 5.60 Å². The van der Waals surface area contributed by atoms with Crippen LogP contribution in [0.2, 0.25) is 0 Å². The van der Waals surface area contributed by atoms with E-state index in [0.717, 1.165) is 28.7 Å². The molecule has 1 heterocycles. The fourth-order valence-corrected chi connectivity index (χ4v) is 2.06. The molecule has 14 heavy (non-hydrogen) atoms. The number of nitrogens with one attached hydrogen (secondary N) is 1. The van der Waals surface area contributed by atoms with Crippen molar-refractivity contribution < 1.29 is 5.11 Å². The van der Waals surface area contributed by atoms with Gasteiger partial charge < -0.3 is 10.4 Å². The highest BCUT2D eigenvalue weighted by molar-refractivity contribution is 14.1. The molecule has 1 fully saturated rings. The van der Waals surface area contributed by atoms with Gasteiger partial charge in [0.05, 0.1) is 9.17 Å². The Balaban J connectivity index is 1.95. The minimum absolute atomic E-state index is 0.486. The predicted octanol–water partition coefficient (Wildman–Crippen LogP) is 2.01. The molecule has 0 unspecified atom stereocenters. The molecule has 2 N–H and O–H groups in total. The number of hydrogen-bond acceptors (Lipinski definition) is 3. The summed E-state index contributed by atoms with van der Waals surface area (Å²) in [5.74, 6) is 0.869. The molecule has 0 bridgehead atoms. The van der Waals surface area contributed by atoms with Crippen LogP contribution in [0.25, 0.3) is 0 Å². The SMILES string of the molecule is OC1(CNc2ncccc2I)CCC1. The van der Waals surface area contributed by atoms with Crippen molar-refractivity contribution in [3.05, 3.63) is 21.9 Å². The van der Waals surface area contributed by atoms with E-state index >= 15 is 0 Å². The molecule has 1 saturated carbocycles. The Morgan fingerprint density at radius 2 is 2.36 bits per heavy atom. The third-order valence-electron chi connectivity index (χ3n) is 2.63. The standard InChI is InChI=1S/C10H13IN2O/c11-8-3-1-6-12-9(8)13-7-10(14)4-2-5-10/h1,3,6,14H,2,4-5,7H2,(H,12,13). The second-order valence-corrected chi connectivity index (χ2v) is 4.93. The van der Waals surface area contributed by atoms with Crippen LogP contribution in [-0.2, 0) is 0 Å². The summed E-state index contributed by atoms with van der Waals surface area (Å²) in [6.07, 6.45) is 4.71. The highest BCUT2D eigenvalue weighted by Gasteiger charge is 2.34. The lowest BCUT2D eigenvalue weighted by atomic mass is 9.80. The third-order valence-corrected chi connectivity index (χ3v) is 3.50. The first-order valence-electron chi connectivity index (χ1n) is 4.76. The summed E-state index contributed by atoms with van der Waals surface area (Å²) in [5, 5.41) is 13.1. The van der Waals surface area contributed by atoms with Crippen molar-refractivity contribution >= 4 is 28.4 Å². The van der Waals surface area contributed by atoms with E-state index in [-0.39, 0.29) is 0 Å². The maximum Gasteiger partial charge on any atom is 0.139 e. The van der Waals surface area contributed by atoms with Crippen molar-refractivity contribution in [1.29, 1.82) is 0 Å². The van der Waals surface area contributed by atoms with E-state index in [2.05, 4.69) is 32.9 Å². The quantitative estimate of drug-likeness (QED) is 0.840. The molecule has 0 radical (unpaired) electrons. The van der Waals surface area contributed by atoms with E-state index in [1.54, 1.807) is 6.20 Å². The second-order valence-electron chi connectivity index (χ2n) is 3.77.